The maximum atomic E-state index is 6.24. The molecule has 2 aromatic carbocycles. The molecular formula is C23H30O6. The minimum Gasteiger partial charge on any atom is -0.376 e. The lowest BCUT2D eigenvalue weighted by Gasteiger charge is -2.44. The van der Waals surface area contributed by atoms with Crippen LogP contribution in [-0.4, -0.2) is 58.6 Å². The Labute approximate surface area is 172 Å². The Bertz CT molecular complexity index is 695. The number of hydrogen-bond donors (Lipinski definition) is 0. The van der Waals surface area contributed by atoms with Crippen LogP contribution in [0.25, 0.3) is 0 Å². The van der Waals surface area contributed by atoms with Gasteiger partial charge in [0.15, 0.2) is 6.29 Å². The largest absolute Gasteiger partial charge is 0.376 e. The summed E-state index contributed by atoms with van der Waals surface area (Å²) in [5.41, 5.74) is 2.18. The molecule has 1 saturated heterocycles. The van der Waals surface area contributed by atoms with Crippen LogP contribution in [0.2, 0.25) is 0 Å². The van der Waals surface area contributed by atoms with Crippen LogP contribution >= 0.6 is 0 Å². The number of hydrogen-bond acceptors (Lipinski definition) is 6. The lowest BCUT2D eigenvalue weighted by atomic mass is 9.98. The van der Waals surface area contributed by atoms with E-state index in [4.69, 9.17) is 28.4 Å². The smallest absolute Gasteiger partial charge is 0.186 e. The first-order valence-corrected chi connectivity index (χ1v) is 9.78. The molecule has 1 fully saturated rings. The summed E-state index contributed by atoms with van der Waals surface area (Å²) in [7, 11) is 4.87. The number of benzene rings is 2. The molecule has 0 spiro atoms. The standard InChI is InChI=1S/C23H30O6/c1-24-20-19(16-27-14-17-10-6-4-7-11-17)29-23(26-3)22(25-2)21(20)28-15-18-12-8-5-9-13-18/h4-13,19-23H,14-16H2,1-3H3/t19-,20-,21+,22-,23+/m1/s1. The van der Waals surface area contributed by atoms with E-state index in [-0.39, 0.29) is 18.3 Å². The minimum atomic E-state index is -0.572. The molecule has 0 bridgehead atoms. The van der Waals surface area contributed by atoms with Crippen molar-refractivity contribution < 1.29 is 28.4 Å². The summed E-state index contributed by atoms with van der Waals surface area (Å²) < 4.78 is 35.2. The monoisotopic (exact) mass is 402 g/mol. The van der Waals surface area contributed by atoms with E-state index in [0.29, 0.717) is 19.8 Å². The van der Waals surface area contributed by atoms with Gasteiger partial charge in [0, 0.05) is 21.3 Å². The molecule has 2 aromatic rings. The second kappa shape index (κ2) is 11.4. The van der Waals surface area contributed by atoms with Crippen molar-refractivity contribution in [3.05, 3.63) is 71.8 Å². The van der Waals surface area contributed by atoms with Crippen LogP contribution in [0.4, 0.5) is 0 Å². The van der Waals surface area contributed by atoms with E-state index >= 15 is 0 Å². The molecule has 5 atom stereocenters. The van der Waals surface area contributed by atoms with Gasteiger partial charge >= 0.3 is 0 Å². The zero-order valence-electron chi connectivity index (χ0n) is 17.2. The normalized spacial score (nSPS) is 27.1. The lowest BCUT2D eigenvalue weighted by molar-refractivity contribution is -0.313. The van der Waals surface area contributed by atoms with Crippen molar-refractivity contribution in [3.8, 4) is 0 Å². The molecule has 0 saturated carbocycles. The van der Waals surface area contributed by atoms with E-state index in [1.807, 2.05) is 60.7 Å². The molecule has 6 nitrogen and oxygen atoms in total. The van der Waals surface area contributed by atoms with Crippen LogP contribution in [0.5, 0.6) is 0 Å². The maximum Gasteiger partial charge on any atom is 0.186 e. The first kappa shape index (κ1) is 21.9. The quantitative estimate of drug-likeness (QED) is 0.608. The molecule has 1 aliphatic rings. The third kappa shape index (κ3) is 5.85. The topological polar surface area (TPSA) is 55.4 Å². The van der Waals surface area contributed by atoms with Crippen molar-refractivity contribution in [2.75, 3.05) is 27.9 Å². The predicted molar refractivity (Wildman–Crippen MR) is 108 cm³/mol. The molecule has 29 heavy (non-hydrogen) atoms. The molecule has 0 N–H and O–H groups in total. The minimum absolute atomic E-state index is 0.346. The van der Waals surface area contributed by atoms with Crippen LogP contribution in [0, 0.1) is 0 Å². The van der Waals surface area contributed by atoms with Gasteiger partial charge in [0.2, 0.25) is 0 Å². The number of rotatable bonds is 10. The van der Waals surface area contributed by atoms with E-state index in [2.05, 4.69) is 0 Å². The third-order valence-electron chi connectivity index (χ3n) is 5.05. The van der Waals surface area contributed by atoms with Crippen LogP contribution in [0.3, 0.4) is 0 Å². The molecule has 0 radical (unpaired) electrons. The summed E-state index contributed by atoms with van der Waals surface area (Å²) in [6.07, 6.45) is -2.06. The van der Waals surface area contributed by atoms with E-state index < -0.39 is 12.4 Å². The first-order valence-electron chi connectivity index (χ1n) is 9.78. The average Bonchev–Trinajstić information content (AvgIpc) is 2.78. The molecule has 6 heteroatoms. The molecule has 1 heterocycles. The second-order valence-corrected chi connectivity index (χ2v) is 6.94. The molecule has 0 aliphatic carbocycles. The van der Waals surface area contributed by atoms with Gasteiger partial charge in [-0.3, -0.25) is 0 Å². The highest BCUT2D eigenvalue weighted by Gasteiger charge is 2.47. The van der Waals surface area contributed by atoms with E-state index in [9.17, 15) is 0 Å². The fourth-order valence-electron chi connectivity index (χ4n) is 3.56. The van der Waals surface area contributed by atoms with Crippen molar-refractivity contribution in [2.45, 2.75) is 43.9 Å². The van der Waals surface area contributed by atoms with Crippen molar-refractivity contribution in [1.29, 1.82) is 0 Å². The summed E-state index contributed by atoms with van der Waals surface area (Å²) in [6.45, 7) is 1.30. The van der Waals surface area contributed by atoms with Gasteiger partial charge in [-0.1, -0.05) is 60.7 Å². The van der Waals surface area contributed by atoms with E-state index in [1.54, 1.807) is 21.3 Å². The SMILES string of the molecule is CO[C@H]1O[C@H](COCc2ccccc2)[C@@H](OC)[C@H](OCc2ccccc2)[C@H]1OC. The number of methoxy groups -OCH3 is 3. The Morgan fingerprint density at radius 1 is 0.690 bits per heavy atom. The van der Waals surface area contributed by atoms with Gasteiger partial charge in [-0.25, -0.2) is 0 Å². The van der Waals surface area contributed by atoms with E-state index in [1.165, 1.54) is 0 Å². The highest BCUT2D eigenvalue weighted by molar-refractivity contribution is 5.14. The molecule has 1 aliphatic heterocycles. The highest BCUT2D eigenvalue weighted by Crippen LogP contribution is 2.29. The molecule has 0 aromatic heterocycles. The van der Waals surface area contributed by atoms with Crippen molar-refractivity contribution in [3.63, 3.8) is 0 Å². The van der Waals surface area contributed by atoms with Crippen LogP contribution in [0.1, 0.15) is 11.1 Å². The highest BCUT2D eigenvalue weighted by atomic mass is 16.7. The average molecular weight is 402 g/mol. The second-order valence-electron chi connectivity index (χ2n) is 6.94. The Hall–Kier alpha value is -1.80. The van der Waals surface area contributed by atoms with Gasteiger partial charge in [-0.05, 0) is 11.1 Å². The lowest BCUT2D eigenvalue weighted by Crippen LogP contribution is -2.61. The van der Waals surface area contributed by atoms with Crippen molar-refractivity contribution in [2.24, 2.45) is 0 Å². The summed E-state index contributed by atoms with van der Waals surface area (Å²) in [5, 5.41) is 0. The molecular weight excluding hydrogens is 372 g/mol. The van der Waals surface area contributed by atoms with E-state index in [0.717, 1.165) is 11.1 Å². The van der Waals surface area contributed by atoms with Gasteiger partial charge in [-0.2, -0.15) is 0 Å². The zero-order valence-corrected chi connectivity index (χ0v) is 17.2. The third-order valence-corrected chi connectivity index (χ3v) is 5.05. The Morgan fingerprint density at radius 2 is 1.28 bits per heavy atom. The fourth-order valence-corrected chi connectivity index (χ4v) is 3.56. The van der Waals surface area contributed by atoms with Gasteiger partial charge < -0.3 is 28.4 Å². The summed E-state index contributed by atoms with van der Waals surface area (Å²) in [4.78, 5) is 0. The van der Waals surface area contributed by atoms with Gasteiger partial charge in [-0.15, -0.1) is 0 Å². The molecule has 0 amide bonds. The van der Waals surface area contributed by atoms with Crippen molar-refractivity contribution >= 4 is 0 Å². The molecule has 3 rings (SSSR count). The van der Waals surface area contributed by atoms with Crippen LogP contribution < -0.4 is 0 Å². The first-order chi connectivity index (χ1) is 14.3. The Morgan fingerprint density at radius 3 is 1.83 bits per heavy atom. The predicted octanol–water partition coefficient (Wildman–Crippen LogP) is 3.19. The number of ether oxygens (including phenoxy) is 6. The summed E-state index contributed by atoms with van der Waals surface area (Å²) in [5.74, 6) is 0. The molecule has 158 valence electrons. The van der Waals surface area contributed by atoms with Crippen LogP contribution in [-0.2, 0) is 41.6 Å². The van der Waals surface area contributed by atoms with Gasteiger partial charge in [0.05, 0.1) is 19.8 Å². The molecule has 0 unspecified atom stereocenters. The Balaban J connectivity index is 1.67. The van der Waals surface area contributed by atoms with Crippen LogP contribution in [0.15, 0.2) is 60.7 Å². The fraction of sp³-hybridized carbons (Fsp3) is 0.478. The summed E-state index contributed by atoms with van der Waals surface area (Å²) in [6, 6.07) is 20.0. The Kier molecular flexibility index (Phi) is 8.61. The maximum absolute atomic E-state index is 6.24. The van der Waals surface area contributed by atoms with Gasteiger partial charge in [0.1, 0.15) is 24.4 Å². The van der Waals surface area contributed by atoms with Gasteiger partial charge in [0.25, 0.3) is 0 Å². The van der Waals surface area contributed by atoms with Crippen molar-refractivity contribution in [1.82, 2.24) is 0 Å². The summed E-state index contributed by atoms with van der Waals surface area (Å²) >= 11 is 0. The zero-order chi connectivity index (χ0) is 20.5.